The minimum atomic E-state index is -4.57. The maximum Gasteiger partial charge on any atom is 0.408 e. The molecule has 0 amide bonds. The van der Waals surface area contributed by atoms with E-state index in [0.717, 1.165) is 22.7 Å². The van der Waals surface area contributed by atoms with Gasteiger partial charge in [-0.3, -0.25) is 14.2 Å². The molecule has 0 unspecified atom stereocenters. The average molecular weight is 455 g/mol. The summed E-state index contributed by atoms with van der Waals surface area (Å²) in [6, 6.07) is -0.479. The molecule has 0 saturated carbocycles. The molecule has 0 N–H and O–H groups in total. The number of Topliss-reactive ketones (excluding diaryl/α,β-unsaturated/α-hetero) is 1. The number of hydrogen-bond acceptors (Lipinski definition) is 8. The van der Waals surface area contributed by atoms with Gasteiger partial charge in [0.05, 0.1) is 41.4 Å². The Morgan fingerprint density at radius 1 is 1.39 bits per heavy atom. The number of morpholine rings is 1. The Bertz CT molecular complexity index is 1080. The van der Waals surface area contributed by atoms with Gasteiger partial charge in [0.15, 0.2) is 5.78 Å². The third-order valence-electron chi connectivity index (χ3n) is 6.12. The number of aryl methyl sites for hydroxylation is 1. The number of thiazole rings is 1. The molecule has 2 bridgehead atoms. The largest absolute Gasteiger partial charge is 0.408 e. The van der Waals surface area contributed by atoms with Crippen LogP contribution in [-0.4, -0.2) is 64.4 Å². The van der Waals surface area contributed by atoms with Crippen molar-refractivity contribution in [3.63, 3.8) is 0 Å². The summed E-state index contributed by atoms with van der Waals surface area (Å²) in [5, 5.41) is 0. The molecule has 2 aromatic rings. The Morgan fingerprint density at radius 3 is 2.81 bits per heavy atom. The zero-order chi connectivity index (χ0) is 21.9. The van der Waals surface area contributed by atoms with E-state index in [2.05, 4.69) is 9.97 Å². The number of anilines is 2. The van der Waals surface area contributed by atoms with Gasteiger partial charge in [-0.25, -0.2) is 4.98 Å². The van der Waals surface area contributed by atoms with E-state index in [1.54, 1.807) is 6.92 Å². The van der Waals surface area contributed by atoms with Crippen molar-refractivity contribution in [1.29, 1.82) is 0 Å². The van der Waals surface area contributed by atoms with Crippen LogP contribution in [0.1, 0.15) is 28.2 Å². The van der Waals surface area contributed by atoms with E-state index in [1.165, 1.54) is 16.1 Å². The molecule has 31 heavy (non-hydrogen) atoms. The summed E-state index contributed by atoms with van der Waals surface area (Å²) in [5.74, 6) is -0.257. The van der Waals surface area contributed by atoms with E-state index in [9.17, 15) is 22.8 Å². The standard InChI is InChI=1S/C19H20F3N5O3S/c1-10-17(31-9-23-10)13(28)7-27-14(19(20,21)22)2-3-25-16(29)5-15(24-18(25)27)26-6-12-4-11(26)8-30-12/h5,9,11-12,14H,2-4,6-8H2,1H3/t11-,12-,14-/m0/s1. The summed E-state index contributed by atoms with van der Waals surface area (Å²) in [7, 11) is 0. The van der Waals surface area contributed by atoms with Crippen LogP contribution in [-0.2, 0) is 11.3 Å². The summed E-state index contributed by atoms with van der Waals surface area (Å²) in [6.45, 7) is 2.05. The van der Waals surface area contributed by atoms with Crippen molar-refractivity contribution in [2.24, 2.45) is 0 Å². The second-order valence-electron chi connectivity index (χ2n) is 8.07. The SMILES string of the molecule is Cc1ncsc1C(=O)CN1c2nc(N3C[C@@H]4C[C@H]3CO4)cc(=O)n2CC[C@H]1C(F)(F)F. The monoisotopic (exact) mass is 455 g/mol. The number of carbonyl (C=O) groups is 1. The molecule has 3 aliphatic heterocycles. The smallest absolute Gasteiger partial charge is 0.374 e. The maximum atomic E-state index is 13.9. The Balaban J connectivity index is 1.55. The van der Waals surface area contributed by atoms with E-state index >= 15 is 0 Å². The number of carbonyl (C=O) groups excluding carboxylic acids is 1. The van der Waals surface area contributed by atoms with Gasteiger partial charge in [-0.05, 0) is 19.8 Å². The molecule has 166 valence electrons. The average Bonchev–Trinajstić information content (AvgIpc) is 3.44. The van der Waals surface area contributed by atoms with E-state index in [-0.39, 0.29) is 31.1 Å². The molecule has 2 aromatic heterocycles. The molecule has 3 aliphatic rings. The minimum absolute atomic E-state index is 0.0421. The van der Waals surface area contributed by atoms with Crippen LogP contribution >= 0.6 is 11.3 Å². The highest BCUT2D eigenvalue weighted by Gasteiger charge is 2.48. The summed E-state index contributed by atoms with van der Waals surface area (Å²) in [5.41, 5.74) is 1.54. The number of fused-ring (bicyclic) bond motifs is 3. The lowest BCUT2D eigenvalue weighted by Crippen LogP contribution is -2.54. The van der Waals surface area contributed by atoms with Gasteiger partial charge in [-0.2, -0.15) is 18.2 Å². The fourth-order valence-electron chi connectivity index (χ4n) is 4.60. The molecule has 5 heterocycles. The predicted molar refractivity (Wildman–Crippen MR) is 107 cm³/mol. The van der Waals surface area contributed by atoms with Crippen LogP contribution in [0, 0.1) is 6.92 Å². The first-order chi connectivity index (χ1) is 14.7. The summed E-state index contributed by atoms with van der Waals surface area (Å²) in [4.78, 5) is 37.3. The highest BCUT2D eigenvalue weighted by Crippen LogP contribution is 2.36. The number of alkyl halides is 3. The van der Waals surface area contributed by atoms with E-state index in [1.807, 2.05) is 4.90 Å². The second kappa shape index (κ2) is 7.30. The van der Waals surface area contributed by atoms with Crippen molar-refractivity contribution in [2.45, 2.75) is 50.7 Å². The number of nitrogens with zero attached hydrogens (tertiary/aromatic N) is 5. The van der Waals surface area contributed by atoms with Gasteiger partial charge in [-0.15, -0.1) is 11.3 Å². The maximum absolute atomic E-state index is 13.9. The number of ether oxygens (including phenoxy) is 1. The van der Waals surface area contributed by atoms with Gasteiger partial charge >= 0.3 is 6.18 Å². The highest BCUT2D eigenvalue weighted by molar-refractivity contribution is 7.12. The Kier molecular flexibility index (Phi) is 4.81. The Hall–Kier alpha value is -2.47. The molecule has 12 heteroatoms. The molecule has 0 aliphatic carbocycles. The number of rotatable bonds is 4. The lowest BCUT2D eigenvalue weighted by atomic mass is 10.1. The number of ketones is 1. The van der Waals surface area contributed by atoms with Crippen molar-refractivity contribution >= 4 is 28.9 Å². The van der Waals surface area contributed by atoms with Crippen LogP contribution < -0.4 is 15.4 Å². The topological polar surface area (TPSA) is 80.6 Å². The third-order valence-corrected chi connectivity index (χ3v) is 7.09. The van der Waals surface area contributed by atoms with Crippen LogP contribution in [0.5, 0.6) is 0 Å². The molecule has 2 saturated heterocycles. The summed E-state index contributed by atoms with van der Waals surface area (Å²) in [6.07, 6.45) is -4.05. The molecule has 0 aromatic carbocycles. The number of aromatic nitrogens is 3. The number of hydrogen-bond donors (Lipinski definition) is 0. The normalized spacial score (nSPS) is 25.2. The van der Waals surface area contributed by atoms with Crippen molar-refractivity contribution < 1.29 is 22.7 Å². The zero-order valence-corrected chi connectivity index (χ0v) is 17.4. The van der Waals surface area contributed by atoms with E-state index in [0.29, 0.717) is 29.5 Å². The van der Waals surface area contributed by atoms with Crippen molar-refractivity contribution in [3.8, 4) is 0 Å². The number of halogens is 3. The molecule has 8 nitrogen and oxygen atoms in total. The zero-order valence-electron chi connectivity index (χ0n) is 16.6. The van der Waals surface area contributed by atoms with E-state index < -0.39 is 30.1 Å². The van der Waals surface area contributed by atoms with Gasteiger partial charge in [0.1, 0.15) is 11.9 Å². The second-order valence-corrected chi connectivity index (χ2v) is 8.92. The lowest BCUT2D eigenvalue weighted by Gasteiger charge is -2.39. The fourth-order valence-corrected chi connectivity index (χ4v) is 5.34. The van der Waals surface area contributed by atoms with Crippen molar-refractivity contribution in [1.82, 2.24) is 14.5 Å². The molecule has 0 radical (unpaired) electrons. The van der Waals surface area contributed by atoms with Crippen molar-refractivity contribution in [2.75, 3.05) is 29.5 Å². The quantitative estimate of drug-likeness (QED) is 0.653. The molecule has 0 spiro atoms. The first-order valence-corrected chi connectivity index (χ1v) is 10.9. The Labute approximate surface area is 179 Å². The van der Waals surface area contributed by atoms with E-state index in [4.69, 9.17) is 4.74 Å². The highest BCUT2D eigenvalue weighted by atomic mass is 32.1. The first-order valence-electron chi connectivity index (χ1n) is 9.99. The van der Waals surface area contributed by atoms with Crippen LogP contribution in [0.3, 0.4) is 0 Å². The van der Waals surface area contributed by atoms with Gasteiger partial charge < -0.3 is 14.5 Å². The Morgan fingerprint density at radius 2 is 2.19 bits per heavy atom. The van der Waals surface area contributed by atoms with Crippen molar-refractivity contribution in [3.05, 3.63) is 32.5 Å². The molecule has 5 rings (SSSR count). The first kappa shape index (κ1) is 20.4. The lowest BCUT2D eigenvalue weighted by molar-refractivity contribution is -0.152. The minimum Gasteiger partial charge on any atom is -0.374 e. The van der Waals surface area contributed by atoms with Crippen LogP contribution in [0.2, 0.25) is 0 Å². The fraction of sp³-hybridized carbons (Fsp3) is 0.579. The molecule has 3 atom stereocenters. The van der Waals surface area contributed by atoms with Gasteiger partial charge in [0.25, 0.3) is 5.56 Å². The van der Waals surface area contributed by atoms with Crippen LogP contribution in [0.15, 0.2) is 16.4 Å². The summed E-state index contributed by atoms with van der Waals surface area (Å²) < 4.78 is 48.4. The third kappa shape index (κ3) is 3.51. The summed E-state index contributed by atoms with van der Waals surface area (Å²) >= 11 is 1.09. The van der Waals surface area contributed by atoms with Gasteiger partial charge in [-0.1, -0.05) is 0 Å². The van der Waals surface area contributed by atoms with Gasteiger partial charge in [0, 0.05) is 19.2 Å². The van der Waals surface area contributed by atoms with Crippen LogP contribution in [0.4, 0.5) is 24.9 Å². The molecular weight excluding hydrogens is 435 g/mol. The van der Waals surface area contributed by atoms with Gasteiger partial charge in [0.2, 0.25) is 5.95 Å². The molecule has 2 fully saturated rings. The van der Waals surface area contributed by atoms with Crippen LogP contribution in [0.25, 0.3) is 0 Å². The predicted octanol–water partition coefficient (Wildman–Crippen LogP) is 2.01. The molecular formula is C19H20F3N5O3S.